The molecular formula is C16H21N. The molecule has 1 aromatic rings. The van der Waals surface area contributed by atoms with Crippen LogP contribution in [0.5, 0.6) is 0 Å². The molecule has 0 aliphatic heterocycles. The molecule has 0 bridgehead atoms. The van der Waals surface area contributed by atoms with Gasteiger partial charge in [-0.3, -0.25) is 0 Å². The SMILES string of the molecule is [2H]c1cc(C#N)c([2H])c([2H])c1C1CCC(CCC)CC1. The Kier molecular flexibility index (Phi) is 3.02. The lowest BCUT2D eigenvalue weighted by atomic mass is 9.77. The molecule has 1 aliphatic carbocycles. The molecule has 1 aliphatic rings. The lowest BCUT2D eigenvalue weighted by molar-refractivity contribution is 0.308. The third-order valence-electron chi connectivity index (χ3n) is 3.78. The molecule has 0 radical (unpaired) electrons. The van der Waals surface area contributed by atoms with Gasteiger partial charge in [0.15, 0.2) is 0 Å². The zero-order chi connectivity index (χ0) is 14.7. The average Bonchev–Trinajstić information content (AvgIpc) is 2.45. The molecule has 1 saturated carbocycles. The van der Waals surface area contributed by atoms with Crippen molar-refractivity contribution < 1.29 is 4.11 Å². The van der Waals surface area contributed by atoms with Crippen molar-refractivity contribution in [1.82, 2.24) is 0 Å². The summed E-state index contributed by atoms with van der Waals surface area (Å²) in [5, 5.41) is 8.93. The molecule has 1 heteroatoms. The van der Waals surface area contributed by atoms with Gasteiger partial charge in [-0.15, -0.1) is 0 Å². The number of rotatable bonds is 3. The first kappa shape index (κ1) is 8.75. The van der Waals surface area contributed by atoms with E-state index in [0.29, 0.717) is 5.56 Å². The zero-order valence-corrected chi connectivity index (χ0v) is 10.4. The van der Waals surface area contributed by atoms with Crippen LogP contribution in [0.4, 0.5) is 0 Å². The number of nitrogens with zero attached hydrogens (tertiary/aromatic N) is 1. The summed E-state index contributed by atoms with van der Waals surface area (Å²) in [7, 11) is 0. The van der Waals surface area contributed by atoms with E-state index < -0.39 is 0 Å². The van der Waals surface area contributed by atoms with Crippen molar-refractivity contribution in [2.24, 2.45) is 5.92 Å². The Hall–Kier alpha value is -1.29. The number of hydrogen-bond acceptors (Lipinski definition) is 1. The Morgan fingerprint density at radius 3 is 2.71 bits per heavy atom. The first-order valence-electron chi connectivity index (χ1n) is 8.09. The second-order valence-corrected chi connectivity index (χ2v) is 4.98. The van der Waals surface area contributed by atoms with Gasteiger partial charge >= 0.3 is 0 Å². The van der Waals surface area contributed by atoms with Gasteiger partial charge in [-0.1, -0.05) is 31.9 Å². The molecule has 0 atom stereocenters. The second kappa shape index (κ2) is 5.87. The fourth-order valence-corrected chi connectivity index (χ4v) is 2.78. The number of nitriles is 1. The Bertz CT molecular complexity index is 526. The molecule has 1 fully saturated rings. The van der Waals surface area contributed by atoms with Crippen molar-refractivity contribution in [3.05, 3.63) is 35.3 Å². The lowest BCUT2D eigenvalue weighted by Gasteiger charge is -2.28. The Morgan fingerprint density at radius 2 is 2.06 bits per heavy atom. The monoisotopic (exact) mass is 230 g/mol. The summed E-state index contributed by atoms with van der Waals surface area (Å²) < 4.78 is 24.0. The second-order valence-electron chi connectivity index (χ2n) is 4.98. The number of hydrogen-bond donors (Lipinski definition) is 0. The fourth-order valence-electron chi connectivity index (χ4n) is 2.78. The van der Waals surface area contributed by atoms with E-state index in [0.717, 1.165) is 31.6 Å². The van der Waals surface area contributed by atoms with E-state index in [2.05, 4.69) is 6.92 Å². The van der Waals surface area contributed by atoms with Crippen LogP contribution in [0.2, 0.25) is 0 Å². The van der Waals surface area contributed by atoms with Crippen LogP contribution in [0.15, 0.2) is 24.2 Å². The summed E-state index contributed by atoms with van der Waals surface area (Å²) in [6.07, 6.45) is 6.82. The predicted octanol–water partition coefficient (Wildman–Crippen LogP) is 4.63. The minimum absolute atomic E-state index is 0.0193. The van der Waals surface area contributed by atoms with E-state index in [1.165, 1.54) is 18.9 Å². The van der Waals surface area contributed by atoms with E-state index in [-0.39, 0.29) is 29.6 Å². The Morgan fingerprint density at radius 1 is 1.29 bits per heavy atom. The normalized spacial score (nSPS) is 26.7. The van der Waals surface area contributed by atoms with Crippen molar-refractivity contribution >= 4 is 0 Å². The maximum Gasteiger partial charge on any atom is 0.0991 e. The molecule has 0 N–H and O–H groups in total. The van der Waals surface area contributed by atoms with Gasteiger partial charge in [0.1, 0.15) is 0 Å². The Balaban J connectivity index is 2.23. The molecule has 0 heterocycles. The minimum atomic E-state index is -0.0193. The molecule has 0 aromatic heterocycles. The summed E-state index contributed by atoms with van der Waals surface area (Å²) in [5.74, 6) is 1.01. The van der Waals surface area contributed by atoms with Crippen LogP contribution >= 0.6 is 0 Å². The standard InChI is InChI=1S/C16H21N/c1-2-3-13-4-8-15(9-5-13)16-10-6-14(12-17)7-11-16/h6-7,10-11,13,15H,2-5,8-9H2,1H3/i6D,10D,11D. The summed E-state index contributed by atoms with van der Waals surface area (Å²) in [6, 6.07) is 3.69. The topological polar surface area (TPSA) is 23.8 Å². The summed E-state index contributed by atoms with van der Waals surface area (Å²) >= 11 is 0. The van der Waals surface area contributed by atoms with Gasteiger partial charge in [-0.2, -0.15) is 5.26 Å². The Labute approximate surface area is 109 Å². The van der Waals surface area contributed by atoms with Gasteiger partial charge in [0, 0.05) is 0 Å². The molecule has 0 unspecified atom stereocenters. The highest BCUT2D eigenvalue weighted by molar-refractivity contribution is 5.33. The number of benzene rings is 1. The largest absolute Gasteiger partial charge is 0.192 e. The highest BCUT2D eigenvalue weighted by Crippen LogP contribution is 2.37. The quantitative estimate of drug-likeness (QED) is 0.742. The van der Waals surface area contributed by atoms with Gasteiger partial charge in [-0.25, -0.2) is 0 Å². The molecule has 1 nitrogen and oxygen atoms in total. The fraction of sp³-hybridized carbons (Fsp3) is 0.562. The van der Waals surface area contributed by atoms with Crippen LogP contribution in [-0.2, 0) is 0 Å². The molecule has 90 valence electrons. The molecule has 1 aromatic carbocycles. The van der Waals surface area contributed by atoms with Gasteiger partial charge in [0.25, 0.3) is 0 Å². The van der Waals surface area contributed by atoms with Crippen molar-refractivity contribution in [1.29, 1.82) is 5.26 Å². The van der Waals surface area contributed by atoms with E-state index in [4.69, 9.17) is 9.37 Å². The highest BCUT2D eigenvalue weighted by atomic mass is 14.3. The zero-order valence-electron chi connectivity index (χ0n) is 13.4. The van der Waals surface area contributed by atoms with Crippen molar-refractivity contribution in [2.75, 3.05) is 0 Å². The van der Waals surface area contributed by atoms with Crippen LogP contribution in [-0.4, -0.2) is 0 Å². The third kappa shape index (κ3) is 3.09. The van der Waals surface area contributed by atoms with Crippen molar-refractivity contribution in [2.45, 2.75) is 51.4 Å². The van der Waals surface area contributed by atoms with Crippen LogP contribution in [0, 0.1) is 17.2 Å². The van der Waals surface area contributed by atoms with Crippen LogP contribution in [0.1, 0.15) is 66.6 Å². The van der Waals surface area contributed by atoms with Gasteiger partial charge in [0.05, 0.1) is 15.7 Å². The first-order chi connectivity index (χ1) is 9.58. The predicted molar refractivity (Wildman–Crippen MR) is 70.8 cm³/mol. The first-order valence-corrected chi connectivity index (χ1v) is 6.59. The summed E-state index contributed by atoms with van der Waals surface area (Å²) in [4.78, 5) is 0. The third-order valence-corrected chi connectivity index (χ3v) is 3.78. The van der Waals surface area contributed by atoms with Crippen molar-refractivity contribution in [3.63, 3.8) is 0 Å². The maximum absolute atomic E-state index is 8.93. The van der Waals surface area contributed by atoms with Gasteiger partial charge < -0.3 is 0 Å². The minimum Gasteiger partial charge on any atom is -0.192 e. The molecule has 0 saturated heterocycles. The molecule has 0 spiro atoms. The maximum atomic E-state index is 8.93. The van der Waals surface area contributed by atoms with Gasteiger partial charge in [-0.05, 0) is 55.2 Å². The van der Waals surface area contributed by atoms with Crippen LogP contribution < -0.4 is 0 Å². The highest BCUT2D eigenvalue weighted by Gasteiger charge is 2.21. The van der Waals surface area contributed by atoms with Crippen molar-refractivity contribution in [3.8, 4) is 6.07 Å². The summed E-state index contributed by atoms with van der Waals surface area (Å²) in [6.45, 7) is 2.21. The van der Waals surface area contributed by atoms with Crippen LogP contribution in [0.3, 0.4) is 0 Å². The average molecular weight is 230 g/mol. The lowest BCUT2D eigenvalue weighted by Crippen LogP contribution is -2.13. The molecule has 2 rings (SSSR count). The van der Waals surface area contributed by atoms with Crippen LogP contribution in [0.25, 0.3) is 0 Å². The molecule has 17 heavy (non-hydrogen) atoms. The smallest absolute Gasteiger partial charge is 0.0991 e. The van der Waals surface area contributed by atoms with E-state index in [9.17, 15) is 0 Å². The van der Waals surface area contributed by atoms with E-state index in [1.54, 1.807) is 0 Å². The van der Waals surface area contributed by atoms with Gasteiger partial charge in [0.2, 0.25) is 0 Å². The van der Waals surface area contributed by atoms with E-state index >= 15 is 0 Å². The molecule has 0 amide bonds. The summed E-state index contributed by atoms with van der Waals surface area (Å²) in [5.41, 5.74) is 0.826. The molecular weight excluding hydrogens is 206 g/mol. The van der Waals surface area contributed by atoms with E-state index in [1.807, 2.05) is 6.07 Å².